The van der Waals surface area contributed by atoms with Crippen LogP contribution in [0.4, 0.5) is 0 Å². The second-order valence-electron chi connectivity index (χ2n) is 6.51. The minimum absolute atomic E-state index is 0.00357. The summed E-state index contributed by atoms with van der Waals surface area (Å²) in [6.45, 7) is 1.94. The number of fused-ring (bicyclic) bond motifs is 1. The lowest BCUT2D eigenvalue weighted by atomic mass is 10.1. The standard InChI is InChI=1S/C17H21N3O2S/c1-10-18-7-8-20(10)13-6-5-12(16(13)21)19-17(22)15-9-11-3-2-4-14(11)23-15/h7-9,12-13,16,21H,2-6H2,1H3,(H,19,22)/t12-,13-,16-/m1/s1. The fourth-order valence-corrected chi connectivity index (χ4v) is 5.00. The molecule has 0 bridgehead atoms. The Morgan fingerprint density at radius 3 is 3.04 bits per heavy atom. The van der Waals surface area contributed by atoms with E-state index in [0.29, 0.717) is 0 Å². The van der Waals surface area contributed by atoms with Crippen LogP contribution in [0.15, 0.2) is 18.5 Å². The highest BCUT2D eigenvalue weighted by Gasteiger charge is 2.37. The van der Waals surface area contributed by atoms with Crippen LogP contribution in [0.25, 0.3) is 0 Å². The number of imidazole rings is 1. The van der Waals surface area contributed by atoms with Crippen LogP contribution in [0.1, 0.15) is 51.2 Å². The average Bonchev–Trinajstić information content (AvgIpc) is 3.25. The highest BCUT2D eigenvalue weighted by Crippen LogP contribution is 2.33. The summed E-state index contributed by atoms with van der Waals surface area (Å²) < 4.78 is 2.01. The van der Waals surface area contributed by atoms with Gasteiger partial charge in [-0.15, -0.1) is 11.3 Å². The molecule has 0 radical (unpaired) electrons. The number of hydrogen-bond acceptors (Lipinski definition) is 4. The highest BCUT2D eigenvalue weighted by molar-refractivity contribution is 7.14. The summed E-state index contributed by atoms with van der Waals surface area (Å²) in [4.78, 5) is 18.8. The van der Waals surface area contributed by atoms with Crippen molar-refractivity contribution in [2.75, 3.05) is 0 Å². The number of carbonyl (C=O) groups excluding carboxylic acids is 1. The third-order valence-electron chi connectivity index (χ3n) is 5.09. The zero-order chi connectivity index (χ0) is 16.0. The van der Waals surface area contributed by atoms with Crippen molar-refractivity contribution in [3.63, 3.8) is 0 Å². The largest absolute Gasteiger partial charge is 0.389 e. The second kappa shape index (κ2) is 5.76. The van der Waals surface area contributed by atoms with Gasteiger partial charge in [0.15, 0.2) is 0 Å². The third kappa shape index (κ3) is 2.60. The summed E-state index contributed by atoms with van der Waals surface area (Å²) in [5.41, 5.74) is 1.33. The van der Waals surface area contributed by atoms with Gasteiger partial charge in [0.25, 0.3) is 5.91 Å². The van der Waals surface area contributed by atoms with E-state index in [1.54, 1.807) is 17.5 Å². The number of amides is 1. The van der Waals surface area contributed by atoms with Crippen LogP contribution < -0.4 is 5.32 Å². The highest BCUT2D eigenvalue weighted by atomic mass is 32.1. The Kier molecular flexibility index (Phi) is 3.73. The van der Waals surface area contributed by atoms with Crippen LogP contribution >= 0.6 is 11.3 Å². The number of nitrogens with one attached hydrogen (secondary N) is 1. The predicted molar refractivity (Wildman–Crippen MR) is 88.8 cm³/mol. The van der Waals surface area contributed by atoms with Crippen LogP contribution in [0.3, 0.4) is 0 Å². The third-order valence-corrected chi connectivity index (χ3v) is 6.32. The molecule has 3 atom stereocenters. The van der Waals surface area contributed by atoms with E-state index >= 15 is 0 Å². The van der Waals surface area contributed by atoms with Crippen molar-refractivity contribution in [2.45, 2.75) is 57.2 Å². The molecule has 2 heterocycles. The van der Waals surface area contributed by atoms with Crippen molar-refractivity contribution in [3.05, 3.63) is 39.6 Å². The van der Waals surface area contributed by atoms with E-state index in [0.717, 1.165) is 36.4 Å². The zero-order valence-corrected chi connectivity index (χ0v) is 14.0. The van der Waals surface area contributed by atoms with Crippen molar-refractivity contribution in [2.24, 2.45) is 0 Å². The minimum Gasteiger partial charge on any atom is -0.389 e. The summed E-state index contributed by atoms with van der Waals surface area (Å²) in [5, 5.41) is 13.6. The van der Waals surface area contributed by atoms with E-state index in [9.17, 15) is 9.90 Å². The molecular formula is C17H21N3O2S. The molecule has 0 spiro atoms. The van der Waals surface area contributed by atoms with Crippen molar-refractivity contribution in [1.82, 2.24) is 14.9 Å². The molecule has 2 aliphatic rings. The first-order valence-corrected chi connectivity index (χ1v) is 9.05. The Labute approximate surface area is 139 Å². The molecule has 6 heteroatoms. The number of carbonyl (C=O) groups is 1. The van der Waals surface area contributed by atoms with Gasteiger partial charge in [-0.3, -0.25) is 4.79 Å². The van der Waals surface area contributed by atoms with Gasteiger partial charge in [-0.05, 0) is 50.7 Å². The smallest absolute Gasteiger partial charge is 0.261 e. The number of aliphatic hydroxyl groups is 1. The van der Waals surface area contributed by atoms with E-state index in [2.05, 4.69) is 10.3 Å². The number of thiophene rings is 1. The lowest BCUT2D eigenvalue weighted by Crippen LogP contribution is -2.41. The summed E-state index contributed by atoms with van der Waals surface area (Å²) in [6, 6.07) is 1.84. The molecule has 0 saturated heterocycles. The maximum absolute atomic E-state index is 12.5. The maximum Gasteiger partial charge on any atom is 0.261 e. The molecule has 1 amide bonds. The summed E-state index contributed by atoms with van der Waals surface area (Å²) in [7, 11) is 0. The maximum atomic E-state index is 12.5. The number of nitrogens with zero attached hydrogens (tertiary/aromatic N) is 2. The molecule has 1 fully saturated rings. The van der Waals surface area contributed by atoms with Gasteiger partial charge < -0.3 is 15.0 Å². The SMILES string of the molecule is Cc1nccn1[C@@H]1CC[C@@H](NC(=O)c2cc3c(s2)CCC3)[C@H]1O. The first-order valence-electron chi connectivity index (χ1n) is 8.23. The van der Waals surface area contributed by atoms with Crippen LogP contribution in [-0.4, -0.2) is 32.7 Å². The molecular weight excluding hydrogens is 310 g/mol. The van der Waals surface area contributed by atoms with Crippen LogP contribution in [-0.2, 0) is 12.8 Å². The fourth-order valence-electron chi connectivity index (χ4n) is 3.84. The number of rotatable bonds is 3. The average molecular weight is 331 g/mol. The minimum atomic E-state index is -0.571. The molecule has 0 aromatic carbocycles. The van der Waals surface area contributed by atoms with E-state index in [4.69, 9.17) is 0 Å². The molecule has 122 valence electrons. The van der Waals surface area contributed by atoms with Gasteiger partial charge in [0.2, 0.25) is 0 Å². The molecule has 2 aromatic rings. The van der Waals surface area contributed by atoms with Crippen molar-refractivity contribution < 1.29 is 9.90 Å². The van der Waals surface area contributed by atoms with Gasteiger partial charge in [0.1, 0.15) is 5.82 Å². The number of hydrogen-bond donors (Lipinski definition) is 2. The number of aromatic nitrogens is 2. The molecule has 0 aliphatic heterocycles. The molecule has 1 saturated carbocycles. The Balaban J connectivity index is 1.45. The first-order chi connectivity index (χ1) is 11.1. The Morgan fingerprint density at radius 2 is 2.30 bits per heavy atom. The number of aliphatic hydroxyl groups excluding tert-OH is 1. The van der Waals surface area contributed by atoms with Gasteiger partial charge in [-0.25, -0.2) is 4.98 Å². The number of aryl methyl sites for hydroxylation is 3. The van der Waals surface area contributed by atoms with Crippen LogP contribution in [0.2, 0.25) is 0 Å². The normalized spacial score (nSPS) is 26.4. The fraction of sp³-hybridized carbons (Fsp3) is 0.529. The van der Waals surface area contributed by atoms with Crippen molar-refractivity contribution in [1.29, 1.82) is 0 Å². The Bertz CT molecular complexity index is 715. The molecule has 5 nitrogen and oxygen atoms in total. The predicted octanol–water partition coefficient (Wildman–Crippen LogP) is 2.24. The Hall–Kier alpha value is -1.66. The Morgan fingerprint density at radius 1 is 1.43 bits per heavy atom. The zero-order valence-electron chi connectivity index (χ0n) is 13.2. The second-order valence-corrected chi connectivity index (χ2v) is 7.65. The van der Waals surface area contributed by atoms with Gasteiger partial charge >= 0.3 is 0 Å². The van der Waals surface area contributed by atoms with E-state index in [-0.39, 0.29) is 18.0 Å². The molecule has 2 aliphatic carbocycles. The van der Waals surface area contributed by atoms with Gasteiger partial charge in [0, 0.05) is 17.3 Å². The lowest BCUT2D eigenvalue weighted by Gasteiger charge is -2.22. The lowest BCUT2D eigenvalue weighted by molar-refractivity contribution is 0.0815. The van der Waals surface area contributed by atoms with E-state index < -0.39 is 6.10 Å². The molecule has 4 rings (SSSR count). The summed E-state index contributed by atoms with van der Waals surface area (Å²) >= 11 is 1.61. The first kappa shape index (κ1) is 14.9. The van der Waals surface area contributed by atoms with Gasteiger partial charge in [-0.2, -0.15) is 0 Å². The summed E-state index contributed by atoms with van der Waals surface area (Å²) in [6.07, 6.45) is 8.12. The molecule has 0 unspecified atom stereocenters. The topological polar surface area (TPSA) is 67.2 Å². The molecule has 2 N–H and O–H groups in total. The van der Waals surface area contributed by atoms with Crippen molar-refractivity contribution >= 4 is 17.2 Å². The van der Waals surface area contributed by atoms with E-state index in [1.807, 2.05) is 23.8 Å². The van der Waals surface area contributed by atoms with E-state index in [1.165, 1.54) is 16.9 Å². The van der Waals surface area contributed by atoms with Crippen molar-refractivity contribution in [3.8, 4) is 0 Å². The van der Waals surface area contributed by atoms with Crippen LogP contribution in [0.5, 0.6) is 0 Å². The molecule has 23 heavy (non-hydrogen) atoms. The van der Waals surface area contributed by atoms with Gasteiger partial charge in [0.05, 0.1) is 23.1 Å². The monoisotopic (exact) mass is 331 g/mol. The quantitative estimate of drug-likeness (QED) is 0.906. The summed E-state index contributed by atoms with van der Waals surface area (Å²) in [5.74, 6) is 0.854. The molecule has 2 aromatic heterocycles. The van der Waals surface area contributed by atoms with Gasteiger partial charge in [-0.1, -0.05) is 0 Å². The van der Waals surface area contributed by atoms with Crippen LogP contribution in [0, 0.1) is 6.92 Å².